The van der Waals surface area contributed by atoms with Crippen LogP contribution in [0.5, 0.6) is 0 Å². The summed E-state index contributed by atoms with van der Waals surface area (Å²) in [6.07, 6.45) is 0.518. The molecule has 4 nitrogen and oxygen atoms in total. The molecule has 1 aliphatic rings. The van der Waals surface area contributed by atoms with Crippen LogP contribution >= 0.6 is 23.2 Å². The van der Waals surface area contributed by atoms with Gasteiger partial charge in [-0.15, -0.1) is 0 Å². The highest BCUT2D eigenvalue weighted by Crippen LogP contribution is 2.41. The molecular formula is C19H18Cl2N2O2. The van der Waals surface area contributed by atoms with Gasteiger partial charge in [0.25, 0.3) is 0 Å². The standard InChI is InChI=1S/C19H18Cl2N2O2/c1-10-6-11(2)8-12(7-10)22-18(24)13-9-14(13)19(25)23-17-15(20)4-3-5-16(17)21/h3-8,13-14H,9H2,1-2H3,(H,22,24)(H,23,25). The molecule has 1 aliphatic carbocycles. The summed E-state index contributed by atoms with van der Waals surface area (Å²) in [5.74, 6) is -1.08. The second-order valence-corrected chi connectivity index (χ2v) is 7.21. The van der Waals surface area contributed by atoms with Gasteiger partial charge in [0.05, 0.1) is 27.6 Å². The first-order valence-corrected chi connectivity index (χ1v) is 8.75. The molecule has 2 aromatic rings. The van der Waals surface area contributed by atoms with Crippen LogP contribution in [0, 0.1) is 25.7 Å². The van der Waals surface area contributed by atoms with Crippen LogP contribution in [0.2, 0.25) is 10.0 Å². The summed E-state index contributed by atoms with van der Waals surface area (Å²) >= 11 is 12.1. The van der Waals surface area contributed by atoms with Crippen molar-refractivity contribution in [3.63, 3.8) is 0 Å². The van der Waals surface area contributed by atoms with Crippen LogP contribution in [-0.4, -0.2) is 11.8 Å². The Balaban J connectivity index is 1.62. The Bertz CT molecular complexity index is 811. The smallest absolute Gasteiger partial charge is 0.228 e. The predicted molar refractivity (Wildman–Crippen MR) is 101 cm³/mol. The van der Waals surface area contributed by atoms with Crippen LogP contribution in [0.25, 0.3) is 0 Å². The summed E-state index contributed by atoms with van der Waals surface area (Å²) in [7, 11) is 0. The van der Waals surface area contributed by atoms with Gasteiger partial charge in [-0.2, -0.15) is 0 Å². The minimum atomic E-state index is -0.363. The van der Waals surface area contributed by atoms with Crippen LogP contribution in [0.3, 0.4) is 0 Å². The SMILES string of the molecule is Cc1cc(C)cc(NC(=O)C2CC2C(=O)Nc2c(Cl)cccc2Cl)c1. The van der Waals surface area contributed by atoms with E-state index in [0.29, 0.717) is 22.2 Å². The molecule has 1 fully saturated rings. The van der Waals surface area contributed by atoms with Gasteiger partial charge in [-0.05, 0) is 55.7 Å². The first-order valence-electron chi connectivity index (χ1n) is 7.99. The van der Waals surface area contributed by atoms with Crippen molar-refractivity contribution in [3.8, 4) is 0 Å². The summed E-state index contributed by atoms with van der Waals surface area (Å²) in [6, 6.07) is 10.9. The quantitative estimate of drug-likeness (QED) is 0.802. The van der Waals surface area contributed by atoms with Crippen molar-refractivity contribution >= 4 is 46.4 Å². The maximum Gasteiger partial charge on any atom is 0.228 e. The first kappa shape index (κ1) is 17.8. The van der Waals surface area contributed by atoms with Crippen molar-refractivity contribution in [3.05, 3.63) is 57.6 Å². The van der Waals surface area contributed by atoms with Gasteiger partial charge in [-0.25, -0.2) is 0 Å². The Morgan fingerprint density at radius 1 is 0.920 bits per heavy atom. The lowest BCUT2D eigenvalue weighted by Gasteiger charge is -2.09. The molecule has 0 heterocycles. The molecule has 130 valence electrons. The molecule has 2 N–H and O–H groups in total. The molecule has 0 bridgehead atoms. The number of benzene rings is 2. The van der Waals surface area contributed by atoms with E-state index in [9.17, 15) is 9.59 Å². The van der Waals surface area contributed by atoms with Crippen LogP contribution < -0.4 is 10.6 Å². The van der Waals surface area contributed by atoms with E-state index in [-0.39, 0.29) is 23.7 Å². The number of hydrogen-bond donors (Lipinski definition) is 2. The van der Waals surface area contributed by atoms with Gasteiger partial charge in [-0.3, -0.25) is 9.59 Å². The molecule has 0 saturated heterocycles. The lowest BCUT2D eigenvalue weighted by Crippen LogP contribution is -2.21. The molecule has 2 unspecified atom stereocenters. The highest BCUT2D eigenvalue weighted by molar-refractivity contribution is 6.39. The Morgan fingerprint density at radius 2 is 1.44 bits per heavy atom. The zero-order valence-corrected chi connectivity index (χ0v) is 15.4. The Labute approximate surface area is 156 Å². The lowest BCUT2D eigenvalue weighted by atomic mass is 10.1. The van der Waals surface area contributed by atoms with Crippen molar-refractivity contribution in [2.75, 3.05) is 10.6 Å². The molecule has 2 amide bonds. The van der Waals surface area contributed by atoms with Crippen LogP contribution in [0.15, 0.2) is 36.4 Å². The number of para-hydroxylation sites is 1. The maximum absolute atomic E-state index is 12.4. The first-order chi connectivity index (χ1) is 11.8. The monoisotopic (exact) mass is 376 g/mol. The molecule has 0 radical (unpaired) electrons. The highest BCUT2D eigenvalue weighted by atomic mass is 35.5. The number of hydrogen-bond acceptors (Lipinski definition) is 2. The Kier molecular flexibility index (Phi) is 5.02. The van der Waals surface area contributed by atoms with Crippen molar-refractivity contribution in [1.82, 2.24) is 0 Å². The zero-order valence-electron chi connectivity index (χ0n) is 13.9. The van der Waals surface area contributed by atoms with Crippen LogP contribution in [0.4, 0.5) is 11.4 Å². The predicted octanol–water partition coefficient (Wildman–Crippen LogP) is 4.82. The molecule has 2 atom stereocenters. The van der Waals surface area contributed by atoms with E-state index in [0.717, 1.165) is 16.8 Å². The summed E-state index contributed by atoms with van der Waals surface area (Å²) in [6.45, 7) is 3.95. The number of halogens is 2. The molecule has 6 heteroatoms. The minimum absolute atomic E-state index is 0.143. The number of carbonyl (C=O) groups excluding carboxylic acids is 2. The molecule has 0 aromatic heterocycles. The van der Waals surface area contributed by atoms with E-state index in [1.54, 1.807) is 18.2 Å². The van der Waals surface area contributed by atoms with Crippen LogP contribution in [0.1, 0.15) is 17.5 Å². The molecule has 0 spiro atoms. The van der Waals surface area contributed by atoms with Gasteiger partial charge < -0.3 is 10.6 Å². The second-order valence-electron chi connectivity index (χ2n) is 6.40. The molecule has 0 aliphatic heterocycles. The van der Waals surface area contributed by atoms with Gasteiger partial charge in [-0.1, -0.05) is 35.3 Å². The fourth-order valence-corrected chi connectivity index (χ4v) is 3.38. The topological polar surface area (TPSA) is 58.2 Å². The maximum atomic E-state index is 12.4. The number of carbonyl (C=O) groups is 2. The third kappa shape index (κ3) is 4.14. The normalized spacial score (nSPS) is 18.6. The van der Waals surface area contributed by atoms with Crippen molar-refractivity contribution in [2.45, 2.75) is 20.3 Å². The number of anilines is 2. The third-order valence-corrected chi connectivity index (χ3v) is 4.79. The summed E-state index contributed by atoms with van der Waals surface area (Å²) in [5, 5.41) is 6.36. The fraction of sp³-hybridized carbons (Fsp3) is 0.263. The Morgan fingerprint density at radius 3 is 2.00 bits per heavy atom. The van der Waals surface area contributed by atoms with Gasteiger partial charge in [0.2, 0.25) is 11.8 Å². The van der Waals surface area contributed by atoms with Gasteiger partial charge in [0.15, 0.2) is 0 Å². The lowest BCUT2D eigenvalue weighted by molar-refractivity contribution is -0.122. The molecule has 3 rings (SSSR count). The van der Waals surface area contributed by atoms with E-state index in [1.165, 1.54) is 0 Å². The van der Waals surface area contributed by atoms with E-state index in [1.807, 2.05) is 32.0 Å². The van der Waals surface area contributed by atoms with Gasteiger partial charge in [0, 0.05) is 5.69 Å². The number of nitrogens with one attached hydrogen (secondary N) is 2. The number of amides is 2. The third-order valence-electron chi connectivity index (χ3n) is 4.16. The van der Waals surface area contributed by atoms with E-state index >= 15 is 0 Å². The van der Waals surface area contributed by atoms with Gasteiger partial charge >= 0.3 is 0 Å². The second kappa shape index (κ2) is 7.06. The van der Waals surface area contributed by atoms with Crippen molar-refractivity contribution in [2.24, 2.45) is 11.8 Å². The molecule has 1 saturated carbocycles. The van der Waals surface area contributed by atoms with Crippen molar-refractivity contribution in [1.29, 1.82) is 0 Å². The number of rotatable bonds is 4. The Hall–Kier alpha value is -2.04. The van der Waals surface area contributed by atoms with E-state index in [4.69, 9.17) is 23.2 Å². The highest BCUT2D eigenvalue weighted by Gasteiger charge is 2.48. The van der Waals surface area contributed by atoms with Crippen molar-refractivity contribution < 1.29 is 9.59 Å². The summed E-state index contributed by atoms with van der Waals surface area (Å²) < 4.78 is 0. The molecule has 2 aromatic carbocycles. The summed E-state index contributed by atoms with van der Waals surface area (Å²) in [5.41, 5.74) is 3.29. The minimum Gasteiger partial charge on any atom is -0.326 e. The van der Waals surface area contributed by atoms with Crippen LogP contribution in [-0.2, 0) is 9.59 Å². The fourth-order valence-electron chi connectivity index (χ4n) is 2.89. The summed E-state index contributed by atoms with van der Waals surface area (Å²) in [4.78, 5) is 24.7. The largest absolute Gasteiger partial charge is 0.326 e. The zero-order chi connectivity index (χ0) is 18.1. The molecule has 25 heavy (non-hydrogen) atoms. The van der Waals surface area contributed by atoms with E-state index < -0.39 is 0 Å². The average molecular weight is 377 g/mol. The van der Waals surface area contributed by atoms with Gasteiger partial charge in [0.1, 0.15) is 0 Å². The average Bonchev–Trinajstić information content (AvgIpc) is 3.30. The molecular weight excluding hydrogens is 359 g/mol. The van der Waals surface area contributed by atoms with E-state index in [2.05, 4.69) is 10.6 Å². The number of aryl methyl sites for hydroxylation is 2.